The summed E-state index contributed by atoms with van der Waals surface area (Å²) >= 11 is 0. The zero-order valence-corrected chi connectivity index (χ0v) is 16.7. The molecular weight excluding hydrogens is 364 g/mol. The molecule has 28 heavy (non-hydrogen) atoms. The first-order chi connectivity index (χ1) is 13.4. The number of nitrogens with zero attached hydrogens (tertiary/aromatic N) is 4. The van der Waals surface area contributed by atoms with Crippen LogP contribution in [0.15, 0.2) is 47.6 Å². The van der Waals surface area contributed by atoms with E-state index in [1.165, 1.54) is 0 Å². The molecule has 0 saturated carbocycles. The number of rotatable bonds is 8. The van der Waals surface area contributed by atoms with Crippen molar-refractivity contribution in [2.75, 3.05) is 32.6 Å². The number of nitrogens with one attached hydrogen (secondary N) is 1. The average Bonchev–Trinajstić information content (AvgIpc) is 2.66. The Morgan fingerprint density at radius 1 is 1.14 bits per heavy atom. The highest BCUT2D eigenvalue weighted by atomic mass is 19.3. The first-order valence-electron chi connectivity index (χ1n) is 9.04. The summed E-state index contributed by atoms with van der Waals surface area (Å²) < 4.78 is 28.9. The van der Waals surface area contributed by atoms with Crippen LogP contribution in [-0.4, -0.2) is 50.1 Å². The van der Waals surface area contributed by atoms with Crippen molar-refractivity contribution >= 4 is 11.8 Å². The molecule has 1 heterocycles. The molecule has 0 bridgehead atoms. The quantitative estimate of drug-likeness (QED) is 0.553. The van der Waals surface area contributed by atoms with Crippen LogP contribution < -0.4 is 15.0 Å². The molecule has 0 fully saturated rings. The van der Waals surface area contributed by atoms with E-state index in [9.17, 15) is 8.78 Å². The summed E-state index contributed by atoms with van der Waals surface area (Å²) in [7, 11) is 5.83. The normalized spacial score (nSPS) is 11.5. The van der Waals surface area contributed by atoms with Crippen LogP contribution in [0.4, 0.5) is 14.6 Å². The highest BCUT2D eigenvalue weighted by Crippen LogP contribution is 2.16. The molecule has 152 valence electrons. The van der Waals surface area contributed by atoms with Crippen molar-refractivity contribution in [1.29, 1.82) is 0 Å². The maximum absolute atomic E-state index is 12.3. The van der Waals surface area contributed by atoms with Gasteiger partial charge in [-0.3, -0.25) is 0 Å². The van der Waals surface area contributed by atoms with Crippen LogP contribution in [0.5, 0.6) is 5.75 Å². The molecule has 0 atom stereocenters. The van der Waals surface area contributed by atoms with Crippen molar-refractivity contribution in [2.24, 2.45) is 4.99 Å². The van der Waals surface area contributed by atoms with Gasteiger partial charge in [0.05, 0.1) is 6.54 Å². The van der Waals surface area contributed by atoms with Crippen LogP contribution in [0.2, 0.25) is 0 Å². The van der Waals surface area contributed by atoms with Gasteiger partial charge in [0.25, 0.3) is 0 Å². The Morgan fingerprint density at radius 3 is 2.46 bits per heavy atom. The first kappa shape index (κ1) is 21.4. The molecular formula is C20H27F2N5O. The Kier molecular flexibility index (Phi) is 7.98. The molecule has 0 unspecified atom stereocenters. The van der Waals surface area contributed by atoms with Crippen molar-refractivity contribution in [3.05, 3.63) is 53.7 Å². The van der Waals surface area contributed by atoms with Gasteiger partial charge in [-0.15, -0.1) is 0 Å². The lowest BCUT2D eigenvalue weighted by Gasteiger charge is -2.22. The van der Waals surface area contributed by atoms with Gasteiger partial charge in [-0.2, -0.15) is 8.78 Å². The summed E-state index contributed by atoms with van der Waals surface area (Å²) in [6.07, 6.45) is 1.78. The van der Waals surface area contributed by atoms with E-state index in [1.807, 2.05) is 50.0 Å². The van der Waals surface area contributed by atoms with Crippen molar-refractivity contribution in [3.8, 4) is 5.75 Å². The number of pyridine rings is 1. The summed E-state index contributed by atoms with van der Waals surface area (Å²) in [5, 5.41) is 3.27. The Morgan fingerprint density at radius 2 is 1.86 bits per heavy atom. The topological polar surface area (TPSA) is 53.0 Å². The van der Waals surface area contributed by atoms with Gasteiger partial charge >= 0.3 is 6.61 Å². The fraction of sp³-hybridized carbons (Fsp3) is 0.400. The molecule has 0 spiro atoms. The lowest BCUT2D eigenvalue weighted by molar-refractivity contribution is -0.0498. The molecule has 1 N–H and O–H groups in total. The Balaban J connectivity index is 2.05. The standard InChI is InChI=1S/C20H27F2N5O/c1-5-23-20(25-13-16-10-11-24-18(12-16)26(2)3)27(4)14-15-6-8-17(9-7-15)28-19(21)22/h6-12,19H,5,13-14H2,1-4H3,(H,23,25). The van der Waals surface area contributed by atoms with Crippen molar-refractivity contribution in [3.63, 3.8) is 0 Å². The second-order valence-corrected chi connectivity index (χ2v) is 6.47. The third-order valence-corrected chi connectivity index (χ3v) is 3.94. The lowest BCUT2D eigenvalue weighted by atomic mass is 10.2. The second kappa shape index (κ2) is 10.4. The molecule has 0 saturated heterocycles. The molecule has 0 amide bonds. The number of guanidine groups is 1. The number of benzene rings is 1. The Bertz CT molecular complexity index is 765. The van der Waals surface area contributed by atoms with E-state index >= 15 is 0 Å². The van der Waals surface area contributed by atoms with E-state index in [0.29, 0.717) is 13.1 Å². The highest BCUT2D eigenvalue weighted by Gasteiger charge is 2.08. The van der Waals surface area contributed by atoms with Gasteiger partial charge in [-0.25, -0.2) is 9.98 Å². The zero-order chi connectivity index (χ0) is 20.5. The summed E-state index contributed by atoms with van der Waals surface area (Å²) in [5.74, 6) is 1.80. The van der Waals surface area contributed by atoms with E-state index in [4.69, 9.17) is 4.99 Å². The maximum Gasteiger partial charge on any atom is 0.387 e. The predicted molar refractivity (Wildman–Crippen MR) is 108 cm³/mol. The summed E-state index contributed by atoms with van der Waals surface area (Å²) in [6, 6.07) is 10.6. The van der Waals surface area contributed by atoms with Gasteiger partial charge in [0.15, 0.2) is 5.96 Å². The summed E-state index contributed by atoms with van der Waals surface area (Å²) in [5.41, 5.74) is 2.03. The number of aromatic nitrogens is 1. The van der Waals surface area contributed by atoms with Crippen molar-refractivity contribution in [2.45, 2.75) is 26.6 Å². The number of alkyl halides is 2. The Hall–Kier alpha value is -2.90. The molecule has 2 rings (SSSR count). The lowest BCUT2D eigenvalue weighted by Crippen LogP contribution is -2.38. The van der Waals surface area contributed by atoms with Gasteiger partial charge in [-0.05, 0) is 42.3 Å². The first-order valence-corrected chi connectivity index (χ1v) is 9.04. The minimum absolute atomic E-state index is 0.149. The van der Waals surface area contributed by atoms with E-state index in [0.717, 1.165) is 29.4 Å². The Labute approximate surface area is 164 Å². The summed E-state index contributed by atoms with van der Waals surface area (Å²) in [4.78, 5) is 12.9. The van der Waals surface area contributed by atoms with Crippen LogP contribution in [-0.2, 0) is 13.1 Å². The fourth-order valence-electron chi connectivity index (χ4n) is 2.56. The smallest absolute Gasteiger partial charge is 0.387 e. The second-order valence-electron chi connectivity index (χ2n) is 6.47. The van der Waals surface area contributed by atoms with E-state index < -0.39 is 6.61 Å². The number of aliphatic imine (C=N–C) groups is 1. The van der Waals surface area contributed by atoms with Crippen LogP contribution >= 0.6 is 0 Å². The third kappa shape index (κ3) is 6.68. The van der Waals surface area contributed by atoms with E-state index in [2.05, 4.69) is 15.0 Å². The maximum atomic E-state index is 12.3. The number of hydrogen-bond acceptors (Lipinski definition) is 4. The van der Waals surface area contributed by atoms with Crippen LogP contribution in [0.1, 0.15) is 18.1 Å². The average molecular weight is 391 g/mol. The van der Waals surface area contributed by atoms with Gasteiger partial charge in [-0.1, -0.05) is 12.1 Å². The number of anilines is 1. The fourth-order valence-corrected chi connectivity index (χ4v) is 2.56. The van der Waals surface area contributed by atoms with Crippen molar-refractivity contribution < 1.29 is 13.5 Å². The molecule has 0 aliphatic carbocycles. The largest absolute Gasteiger partial charge is 0.435 e. The van der Waals surface area contributed by atoms with E-state index in [-0.39, 0.29) is 5.75 Å². The van der Waals surface area contributed by atoms with Gasteiger partial charge in [0.2, 0.25) is 0 Å². The van der Waals surface area contributed by atoms with E-state index in [1.54, 1.807) is 30.5 Å². The van der Waals surface area contributed by atoms with Crippen molar-refractivity contribution in [1.82, 2.24) is 15.2 Å². The molecule has 1 aromatic heterocycles. The SMILES string of the molecule is CCNC(=NCc1ccnc(N(C)C)c1)N(C)Cc1ccc(OC(F)F)cc1. The molecule has 1 aromatic carbocycles. The van der Waals surface area contributed by atoms with Gasteiger partial charge in [0, 0.05) is 40.4 Å². The van der Waals surface area contributed by atoms with Gasteiger partial charge in [0.1, 0.15) is 11.6 Å². The highest BCUT2D eigenvalue weighted by molar-refractivity contribution is 5.79. The predicted octanol–water partition coefficient (Wildman–Crippen LogP) is 3.35. The number of ether oxygens (including phenoxy) is 1. The minimum Gasteiger partial charge on any atom is -0.435 e. The minimum atomic E-state index is -2.82. The number of halogens is 2. The molecule has 0 aliphatic heterocycles. The van der Waals surface area contributed by atoms with Crippen LogP contribution in [0.25, 0.3) is 0 Å². The third-order valence-electron chi connectivity index (χ3n) is 3.94. The summed E-state index contributed by atoms with van der Waals surface area (Å²) in [6.45, 7) is 1.04. The monoisotopic (exact) mass is 391 g/mol. The molecule has 0 aliphatic rings. The number of hydrogen-bond donors (Lipinski definition) is 1. The van der Waals surface area contributed by atoms with Crippen LogP contribution in [0, 0.1) is 0 Å². The zero-order valence-electron chi connectivity index (χ0n) is 16.7. The molecule has 2 aromatic rings. The molecule has 8 heteroatoms. The van der Waals surface area contributed by atoms with Crippen LogP contribution in [0.3, 0.4) is 0 Å². The molecule has 0 radical (unpaired) electrons. The molecule has 6 nitrogen and oxygen atoms in total. The van der Waals surface area contributed by atoms with Gasteiger partial charge < -0.3 is 19.9 Å².